The molecule has 2 nitrogen and oxygen atoms in total. The van der Waals surface area contributed by atoms with Crippen molar-refractivity contribution in [3.05, 3.63) is 65.7 Å². The van der Waals surface area contributed by atoms with Gasteiger partial charge in [-0.2, -0.15) is 0 Å². The molecular formula is C16H16O2. The van der Waals surface area contributed by atoms with Crippen molar-refractivity contribution in [2.24, 2.45) is 0 Å². The Morgan fingerprint density at radius 1 is 1.06 bits per heavy atom. The van der Waals surface area contributed by atoms with Crippen molar-refractivity contribution in [1.29, 1.82) is 0 Å². The second-order valence-corrected chi connectivity index (χ2v) is 4.49. The summed E-state index contributed by atoms with van der Waals surface area (Å²) in [7, 11) is 0. The number of hydrogen-bond acceptors (Lipinski definition) is 2. The van der Waals surface area contributed by atoms with Crippen molar-refractivity contribution in [3.8, 4) is 5.75 Å². The number of hydrogen-bond donors (Lipinski definition) is 1. The van der Waals surface area contributed by atoms with Crippen LogP contribution in [0.15, 0.2) is 54.6 Å². The molecule has 0 saturated carbocycles. The Morgan fingerprint density at radius 2 is 1.67 bits per heavy atom. The summed E-state index contributed by atoms with van der Waals surface area (Å²) >= 11 is 0. The van der Waals surface area contributed by atoms with E-state index in [1.165, 1.54) is 0 Å². The van der Waals surface area contributed by atoms with E-state index < -0.39 is 0 Å². The second-order valence-electron chi connectivity index (χ2n) is 4.49. The number of phenols is 1. The fourth-order valence-electron chi connectivity index (χ4n) is 1.94. The first-order valence-corrected chi connectivity index (χ1v) is 6.04. The van der Waals surface area contributed by atoms with E-state index in [1.54, 1.807) is 12.1 Å². The largest absolute Gasteiger partial charge is 0.508 e. The standard InChI is InChI=1S/C16H16O2/c1-12(13-7-9-15(17)10-8-13)11-16(18)14-5-3-2-4-6-14/h2-10,12,17H,11H2,1H3. The zero-order chi connectivity index (χ0) is 13.0. The van der Waals surface area contributed by atoms with Gasteiger partial charge in [-0.25, -0.2) is 0 Å². The van der Waals surface area contributed by atoms with E-state index in [-0.39, 0.29) is 17.5 Å². The van der Waals surface area contributed by atoms with Crippen molar-refractivity contribution in [1.82, 2.24) is 0 Å². The number of benzene rings is 2. The van der Waals surface area contributed by atoms with Gasteiger partial charge in [-0.1, -0.05) is 49.4 Å². The smallest absolute Gasteiger partial charge is 0.163 e. The van der Waals surface area contributed by atoms with Crippen molar-refractivity contribution >= 4 is 5.78 Å². The van der Waals surface area contributed by atoms with Crippen LogP contribution in [0.2, 0.25) is 0 Å². The first-order valence-electron chi connectivity index (χ1n) is 6.04. The lowest BCUT2D eigenvalue weighted by Gasteiger charge is -2.11. The molecule has 0 bridgehead atoms. The molecule has 2 aromatic rings. The lowest BCUT2D eigenvalue weighted by Crippen LogP contribution is -2.04. The quantitative estimate of drug-likeness (QED) is 0.826. The molecule has 0 radical (unpaired) electrons. The molecule has 1 unspecified atom stereocenters. The molecule has 2 heteroatoms. The Morgan fingerprint density at radius 3 is 2.28 bits per heavy atom. The Labute approximate surface area is 107 Å². The Balaban J connectivity index is 2.06. The molecule has 0 saturated heterocycles. The van der Waals surface area contributed by atoms with E-state index in [2.05, 4.69) is 0 Å². The Kier molecular flexibility index (Phi) is 3.78. The molecule has 0 aromatic heterocycles. The van der Waals surface area contributed by atoms with Crippen LogP contribution in [0.3, 0.4) is 0 Å². The van der Waals surface area contributed by atoms with Crippen LogP contribution < -0.4 is 0 Å². The molecular weight excluding hydrogens is 224 g/mol. The minimum Gasteiger partial charge on any atom is -0.508 e. The average molecular weight is 240 g/mol. The summed E-state index contributed by atoms with van der Waals surface area (Å²) in [5.41, 5.74) is 1.82. The Hall–Kier alpha value is -2.09. The third-order valence-electron chi connectivity index (χ3n) is 3.05. The normalized spacial score (nSPS) is 12.1. The summed E-state index contributed by atoms with van der Waals surface area (Å²) in [5, 5.41) is 9.23. The van der Waals surface area contributed by atoms with Gasteiger partial charge in [0.15, 0.2) is 5.78 Å². The van der Waals surface area contributed by atoms with Gasteiger partial charge in [0.05, 0.1) is 0 Å². The molecule has 0 amide bonds. The molecule has 92 valence electrons. The van der Waals surface area contributed by atoms with Crippen LogP contribution in [0.4, 0.5) is 0 Å². The molecule has 0 aliphatic heterocycles. The van der Waals surface area contributed by atoms with Crippen molar-refractivity contribution in [2.45, 2.75) is 19.3 Å². The maximum atomic E-state index is 12.0. The van der Waals surface area contributed by atoms with Crippen molar-refractivity contribution in [2.75, 3.05) is 0 Å². The van der Waals surface area contributed by atoms with Crippen LogP contribution in [0.25, 0.3) is 0 Å². The monoisotopic (exact) mass is 240 g/mol. The van der Waals surface area contributed by atoms with Gasteiger partial charge in [0, 0.05) is 12.0 Å². The highest BCUT2D eigenvalue weighted by Gasteiger charge is 2.12. The van der Waals surface area contributed by atoms with Gasteiger partial charge in [-0.15, -0.1) is 0 Å². The van der Waals surface area contributed by atoms with E-state index in [9.17, 15) is 9.90 Å². The van der Waals surface area contributed by atoms with E-state index in [0.717, 1.165) is 11.1 Å². The summed E-state index contributed by atoms with van der Waals surface area (Å²) < 4.78 is 0. The second kappa shape index (κ2) is 5.50. The minimum atomic E-state index is 0.149. The van der Waals surface area contributed by atoms with E-state index >= 15 is 0 Å². The SMILES string of the molecule is CC(CC(=O)c1ccccc1)c1ccc(O)cc1. The third kappa shape index (κ3) is 2.98. The van der Waals surface area contributed by atoms with E-state index in [4.69, 9.17) is 0 Å². The highest BCUT2D eigenvalue weighted by molar-refractivity contribution is 5.96. The summed E-state index contributed by atoms with van der Waals surface area (Å²) in [4.78, 5) is 12.0. The predicted molar refractivity (Wildman–Crippen MR) is 71.9 cm³/mol. The number of Topliss-reactive ketones (excluding diaryl/α,β-unsaturated/α-hetero) is 1. The van der Waals surface area contributed by atoms with Crippen molar-refractivity contribution in [3.63, 3.8) is 0 Å². The first kappa shape index (κ1) is 12.4. The summed E-state index contributed by atoms with van der Waals surface area (Å²) in [6, 6.07) is 16.4. The first-order chi connectivity index (χ1) is 8.66. The van der Waals surface area contributed by atoms with Crippen LogP contribution >= 0.6 is 0 Å². The average Bonchev–Trinajstić information content (AvgIpc) is 2.40. The van der Waals surface area contributed by atoms with Gasteiger partial charge in [0.25, 0.3) is 0 Å². The summed E-state index contributed by atoms with van der Waals surface area (Å²) in [6.45, 7) is 2.02. The van der Waals surface area contributed by atoms with Gasteiger partial charge >= 0.3 is 0 Å². The molecule has 18 heavy (non-hydrogen) atoms. The number of carbonyl (C=O) groups excluding carboxylic acids is 1. The van der Waals surface area contributed by atoms with Gasteiger partial charge in [0.1, 0.15) is 5.75 Å². The summed E-state index contributed by atoms with van der Waals surface area (Å²) in [5.74, 6) is 0.551. The fourth-order valence-corrected chi connectivity index (χ4v) is 1.94. The molecule has 0 heterocycles. The molecule has 0 fully saturated rings. The summed E-state index contributed by atoms with van der Waals surface area (Å²) in [6.07, 6.45) is 0.481. The lowest BCUT2D eigenvalue weighted by atomic mass is 9.93. The number of carbonyl (C=O) groups is 1. The molecule has 0 aliphatic rings. The lowest BCUT2D eigenvalue weighted by molar-refractivity contribution is 0.0975. The zero-order valence-corrected chi connectivity index (χ0v) is 10.3. The van der Waals surface area contributed by atoms with Crippen LogP contribution in [0.5, 0.6) is 5.75 Å². The van der Waals surface area contributed by atoms with Gasteiger partial charge in [0.2, 0.25) is 0 Å². The van der Waals surface area contributed by atoms with Crippen LogP contribution in [0.1, 0.15) is 35.2 Å². The molecule has 1 N–H and O–H groups in total. The van der Waals surface area contributed by atoms with Gasteiger partial charge in [-0.3, -0.25) is 4.79 Å². The number of rotatable bonds is 4. The molecule has 1 atom stereocenters. The number of phenolic OH excluding ortho intramolecular Hbond substituents is 1. The maximum absolute atomic E-state index is 12.0. The van der Waals surface area contributed by atoms with Crippen LogP contribution in [-0.4, -0.2) is 10.9 Å². The van der Waals surface area contributed by atoms with Crippen LogP contribution in [0, 0.1) is 0 Å². The van der Waals surface area contributed by atoms with E-state index in [0.29, 0.717) is 6.42 Å². The fraction of sp³-hybridized carbons (Fsp3) is 0.188. The van der Waals surface area contributed by atoms with E-state index in [1.807, 2.05) is 49.4 Å². The third-order valence-corrected chi connectivity index (χ3v) is 3.05. The topological polar surface area (TPSA) is 37.3 Å². The van der Waals surface area contributed by atoms with Crippen LogP contribution in [-0.2, 0) is 0 Å². The minimum absolute atomic E-state index is 0.149. The number of ketones is 1. The zero-order valence-electron chi connectivity index (χ0n) is 10.3. The van der Waals surface area contributed by atoms with Gasteiger partial charge in [-0.05, 0) is 23.6 Å². The molecule has 0 spiro atoms. The predicted octanol–water partition coefficient (Wildman–Crippen LogP) is 3.77. The molecule has 2 aromatic carbocycles. The molecule has 2 rings (SSSR count). The van der Waals surface area contributed by atoms with Crippen molar-refractivity contribution < 1.29 is 9.90 Å². The maximum Gasteiger partial charge on any atom is 0.163 e. The Bertz CT molecular complexity index is 515. The number of aromatic hydroxyl groups is 1. The highest BCUT2D eigenvalue weighted by atomic mass is 16.3. The molecule has 0 aliphatic carbocycles. The highest BCUT2D eigenvalue weighted by Crippen LogP contribution is 2.23. The van der Waals surface area contributed by atoms with Gasteiger partial charge < -0.3 is 5.11 Å².